The smallest absolute Gasteiger partial charge is 0.269 e. The first kappa shape index (κ1) is 24.3. The molecule has 0 atom stereocenters. The van der Waals surface area contributed by atoms with Gasteiger partial charge in [-0.2, -0.15) is 0 Å². The van der Waals surface area contributed by atoms with Crippen LogP contribution < -0.4 is 5.32 Å². The Hall–Kier alpha value is -3.82. The van der Waals surface area contributed by atoms with Crippen LogP contribution in [0.25, 0.3) is 17.2 Å². The number of hydrogen-bond acceptors (Lipinski definition) is 6. The fraction of sp³-hybridized carbons (Fsp3) is 0.115. The molecule has 1 aliphatic heterocycles. The van der Waals surface area contributed by atoms with Crippen LogP contribution in [0, 0.1) is 10.1 Å². The van der Waals surface area contributed by atoms with Crippen LogP contribution in [0.4, 0.5) is 11.4 Å². The van der Waals surface area contributed by atoms with Gasteiger partial charge in [-0.05, 0) is 41.3 Å². The summed E-state index contributed by atoms with van der Waals surface area (Å²) in [7, 11) is 0. The van der Waals surface area contributed by atoms with Crippen LogP contribution >= 0.6 is 24.0 Å². The van der Waals surface area contributed by atoms with Gasteiger partial charge in [-0.3, -0.25) is 24.6 Å². The van der Waals surface area contributed by atoms with Crippen LogP contribution in [0.15, 0.2) is 83.8 Å². The molecule has 1 N–H and O–H groups in total. The highest BCUT2D eigenvalue weighted by Crippen LogP contribution is 2.33. The Balaban J connectivity index is 1.30. The van der Waals surface area contributed by atoms with Gasteiger partial charge in [0.05, 0.1) is 9.83 Å². The lowest BCUT2D eigenvalue weighted by molar-refractivity contribution is -0.384. The van der Waals surface area contributed by atoms with Gasteiger partial charge in [-0.25, -0.2) is 0 Å². The standard InChI is InChI=1S/C26H21N3O4S2/c30-24(27-21-12-14-22(15-13-21)29(32)33)7-4-16-28-25(31)23(35-26(28)34)17-18-8-10-20(11-9-18)19-5-2-1-3-6-19/h1-3,5-6,8-15,17H,4,7,16H2,(H,27,30)/b23-17-. The van der Waals surface area contributed by atoms with E-state index in [4.69, 9.17) is 12.2 Å². The van der Waals surface area contributed by atoms with Crippen molar-refractivity contribution < 1.29 is 14.5 Å². The van der Waals surface area contributed by atoms with Crippen molar-refractivity contribution in [2.75, 3.05) is 11.9 Å². The van der Waals surface area contributed by atoms with Crippen LogP contribution in [-0.4, -0.2) is 32.5 Å². The van der Waals surface area contributed by atoms with E-state index < -0.39 is 4.92 Å². The number of nitrogens with one attached hydrogen (secondary N) is 1. The largest absolute Gasteiger partial charge is 0.326 e. The van der Waals surface area contributed by atoms with Crippen LogP contribution in [-0.2, 0) is 9.59 Å². The number of non-ortho nitro benzene ring substituents is 1. The Kier molecular flexibility index (Phi) is 7.69. The van der Waals surface area contributed by atoms with Crippen molar-refractivity contribution in [2.45, 2.75) is 12.8 Å². The quantitative estimate of drug-likeness (QED) is 0.179. The molecule has 0 spiro atoms. The van der Waals surface area contributed by atoms with Gasteiger partial charge in [0.25, 0.3) is 11.6 Å². The molecule has 1 heterocycles. The number of thioether (sulfide) groups is 1. The summed E-state index contributed by atoms with van der Waals surface area (Å²) in [6, 6.07) is 23.7. The summed E-state index contributed by atoms with van der Waals surface area (Å²) < 4.78 is 0.470. The second-order valence-electron chi connectivity index (χ2n) is 7.78. The van der Waals surface area contributed by atoms with E-state index in [9.17, 15) is 19.7 Å². The van der Waals surface area contributed by atoms with Gasteiger partial charge in [0, 0.05) is 30.8 Å². The lowest BCUT2D eigenvalue weighted by atomic mass is 10.0. The van der Waals surface area contributed by atoms with Crippen molar-refractivity contribution in [3.8, 4) is 11.1 Å². The highest BCUT2D eigenvalue weighted by atomic mass is 32.2. The summed E-state index contributed by atoms with van der Waals surface area (Å²) in [5.41, 5.74) is 3.57. The number of nitro groups is 1. The third kappa shape index (κ3) is 6.20. The lowest BCUT2D eigenvalue weighted by Crippen LogP contribution is -2.29. The molecule has 1 saturated heterocycles. The van der Waals surface area contributed by atoms with Crippen molar-refractivity contribution in [2.24, 2.45) is 0 Å². The predicted octanol–water partition coefficient (Wildman–Crippen LogP) is 5.88. The first-order valence-electron chi connectivity index (χ1n) is 10.9. The third-order valence-electron chi connectivity index (χ3n) is 5.34. The van der Waals surface area contributed by atoms with Gasteiger partial charge in [0.15, 0.2) is 0 Å². The topological polar surface area (TPSA) is 92.6 Å². The van der Waals surface area contributed by atoms with Crippen molar-refractivity contribution in [3.05, 3.63) is 99.4 Å². The van der Waals surface area contributed by atoms with E-state index in [-0.39, 0.29) is 23.9 Å². The fourth-order valence-electron chi connectivity index (χ4n) is 3.53. The molecule has 7 nitrogen and oxygen atoms in total. The zero-order valence-electron chi connectivity index (χ0n) is 18.5. The first-order chi connectivity index (χ1) is 16.9. The molecule has 1 aliphatic rings. The maximum atomic E-state index is 12.9. The zero-order chi connectivity index (χ0) is 24.8. The highest BCUT2D eigenvalue weighted by molar-refractivity contribution is 8.26. The van der Waals surface area contributed by atoms with Crippen LogP contribution in [0.1, 0.15) is 18.4 Å². The summed E-state index contributed by atoms with van der Waals surface area (Å²) in [4.78, 5) is 37.4. The number of rotatable bonds is 8. The van der Waals surface area contributed by atoms with E-state index in [1.807, 2.05) is 60.7 Å². The highest BCUT2D eigenvalue weighted by Gasteiger charge is 2.31. The minimum Gasteiger partial charge on any atom is -0.326 e. The Bertz CT molecular complexity index is 1290. The van der Waals surface area contributed by atoms with Gasteiger partial charge >= 0.3 is 0 Å². The number of anilines is 1. The molecule has 0 bridgehead atoms. The number of carbonyl (C=O) groups is 2. The summed E-state index contributed by atoms with van der Waals surface area (Å²) >= 11 is 6.64. The van der Waals surface area contributed by atoms with Crippen LogP contribution in [0.3, 0.4) is 0 Å². The van der Waals surface area contributed by atoms with E-state index in [1.165, 1.54) is 40.9 Å². The molecule has 9 heteroatoms. The Morgan fingerprint density at radius 2 is 1.66 bits per heavy atom. The molecule has 3 aromatic carbocycles. The van der Waals surface area contributed by atoms with E-state index in [2.05, 4.69) is 5.32 Å². The predicted molar refractivity (Wildman–Crippen MR) is 143 cm³/mol. The number of carbonyl (C=O) groups excluding carboxylic acids is 2. The molecular formula is C26H21N3O4S2. The van der Waals surface area contributed by atoms with Crippen molar-refractivity contribution in [3.63, 3.8) is 0 Å². The molecule has 3 aromatic rings. The van der Waals surface area contributed by atoms with Gasteiger partial charge in [0.2, 0.25) is 5.91 Å². The number of thiocarbonyl (C=S) groups is 1. The summed E-state index contributed by atoms with van der Waals surface area (Å²) in [5.74, 6) is -0.402. The third-order valence-corrected chi connectivity index (χ3v) is 6.71. The van der Waals surface area contributed by atoms with E-state index >= 15 is 0 Å². The fourth-order valence-corrected chi connectivity index (χ4v) is 4.84. The number of benzene rings is 3. The van der Waals surface area contributed by atoms with Gasteiger partial charge in [-0.15, -0.1) is 0 Å². The second-order valence-corrected chi connectivity index (χ2v) is 9.45. The van der Waals surface area contributed by atoms with E-state index in [0.717, 1.165) is 16.7 Å². The Morgan fingerprint density at radius 3 is 2.31 bits per heavy atom. The second kappa shape index (κ2) is 11.1. The number of nitro benzene ring substituents is 1. The monoisotopic (exact) mass is 503 g/mol. The molecule has 4 rings (SSSR count). The first-order valence-corrected chi connectivity index (χ1v) is 12.1. The lowest BCUT2D eigenvalue weighted by Gasteiger charge is -2.14. The molecule has 0 aliphatic carbocycles. The average Bonchev–Trinajstić information content (AvgIpc) is 3.12. The summed E-state index contributed by atoms with van der Waals surface area (Å²) in [6.45, 7) is 0.336. The average molecular weight is 504 g/mol. The van der Waals surface area contributed by atoms with E-state index in [0.29, 0.717) is 27.9 Å². The molecule has 1 fully saturated rings. The van der Waals surface area contributed by atoms with Gasteiger partial charge in [0.1, 0.15) is 4.32 Å². The number of hydrogen-bond donors (Lipinski definition) is 1. The molecule has 0 aromatic heterocycles. The molecule has 2 amide bonds. The maximum Gasteiger partial charge on any atom is 0.269 e. The maximum absolute atomic E-state index is 12.9. The van der Waals surface area contributed by atoms with Gasteiger partial charge in [-0.1, -0.05) is 78.6 Å². The minimum absolute atomic E-state index is 0.0439. The minimum atomic E-state index is -0.498. The molecule has 176 valence electrons. The zero-order valence-corrected chi connectivity index (χ0v) is 20.2. The van der Waals surface area contributed by atoms with Crippen LogP contribution in [0.2, 0.25) is 0 Å². The number of nitrogens with zero attached hydrogens (tertiary/aromatic N) is 2. The normalized spacial score (nSPS) is 14.4. The molecule has 35 heavy (non-hydrogen) atoms. The molecule has 0 radical (unpaired) electrons. The Morgan fingerprint density at radius 1 is 1.00 bits per heavy atom. The van der Waals surface area contributed by atoms with Crippen LogP contribution in [0.5, 0.6) is 0 Å². The van der Waals surface area contributed by atoms with Crippen molar-refractivity contribution in [1.82, 2.24) is 4.90 Å². The van der Waals surface area contributed by atoms with Crippen molar-refractivity contribution in [1.29, 1.82) is 0 Å². The number of amides is 2. The Labute approximate surface area is 212 Å². The molecule has 0 saturated carbocycles. The SMILES string of the molecule is O=C(CCCN1C(=O)/C(=C/c2ccc(-c3ccccc3)cc2)SC1=S)Nc1ccc([N+](=O)[O-])cc1. The molecular weight excluding hydrogens is 482 g/mol. The van der Waals surface area contributed by atoms with E-state index in [1.54, 1.807) is 0 Å². The van der Waals surface area contributed by atoms with Crippen molar-refractivity contribution >= 4 is 57.6 Å². The molecule has 0 unspecified atom stereocenters. The summed E-state index contributed by atoms with van der Waals surface area (Å²) in [5, 5.41) is 13.4. The summed E-state index contributed by atoms with van der Waals surface area (Å²) in [6.07, 6.45) is 2.45. The van der Waals surface area contributed by atoms with Gasteiger partial charge < -0.3 is 5.32 Å².